The van der Waals surface area contributed by atoms with E-state index >= 15 is 0 Å². The predicted molar refractivity (Wildman–Crippen MR) is 129 cm³/mol. The number of methoxy groups -OCH3 is 2. The number of Topliss-reactive ketones (excluding diaryl/α,β-unsaturated/α-hetero) is 1. The molecule has 2 aromatic carbocycles. The van der Waals surface area contributed by atoms with Gasteiger partial charge in [-0.05, 0) is 64.3 Å². The van der Waals surface area contributed by atoms with Crippen LogP contribution in [0.3, 0.4) is 0 Å². The molecule has 1 fully saturated rings. The van der Waals surface area contributed by atoms with Crippen LogP contribution in [0, 0.1) is 0 Å². The summed E-state index contributed by atoms with van der Waals surface area (Å²) in [5, 5.41) is 11.2. The number of likely N-dealkylation sites (tertiary alicyclic amines) is 1. The zero-order valence-electron chi connectivity index (χ0n) is 20.3. The van der Waals surface area contributed by atoms with E-state index in [-0.39, 0.29) is 11.3 Å². The van der Waals surface area contributed by atoms with E-state index < -0.39 is 17.7 Å². The van der Waals surface area contributed by atoms with Crippen LogP contribution in [-0.4, -0.2) is 74.6 Å². The summed E-state index contributed by atoms with van der Waals surface area (Å²) in [5.74, 6) is -0.0974. The normalized spacial score (nSPS) is 17.4. The van der Waals surface area contributed by atoms with Crippen molar-refractivity contribution < 1.29 is 28.9 Å². The van der Waals surface area contributed by atoms with Crippen LogP contribution < -0.4 is 14.2 Å². The van der Waals surface area contributed by atoms with Gasteiger partial charge in [-0.15, -0.1) is 0 Å². The molecule has 1 atom stereocenters. The van der Waals surface area contributed by atoms with Crippen LogP contribution in [0.2, 0.25) is 0 Å². The molecule has 1 amide bonds. The lowest BCUT2D eigenvalue weighted by Gasteiger charge is -2.27. The average molecular weight is 469 g/mol. The lowest BCUT2D eigenvalue weighted by atomic mass is 9.94. The Bertz CT molecular complexity index is 1060. The number of ether oxygens (including phenoxy) is 3. The number of hydrogen-bond acceptors (Lipinski definition) is 7. The van der Waals surface area contributed by atoms with Crippen LogP contribution >= 0.6 is 0 Å². The van der Waals surface area contributed by atoms with E-state index in [2.05, 4.69) is 0 Å². The molecule has 0 bridgehead atoms. The molecule has 8 nitrogen and oxygen atoms in total. The molecule has 1 heterocycles. The lowest BCUT2D eigenvalue weighted by molar-refractivity contribution is -0.140. The Kier molecular flexibility index (Phi) is 8.17. The lowest BCUT2D eigenvalue weighted by Crippen LogP contribution is -2.32. The average Bonchev–Trinajstić information content (AvgIpc) is 3.08. The second-order valence-corrected chi connectivity index (χ2v) is 8.19. The Labute approximate surface area is 200 Å². The Balaban J connectivity index is 2.15. The maximum atomic E-state index is 13.2. The van der Waals surface area contributed by atoms with Crippen LogP contribution in [0.1, 0.15) is 30.5 Å². The first-order valence-electron chi connectivity index (χ1n) is 11.2. The third kappa shape index (κ3) is 5.02. The van der Waals surface area contributed by atoms with Crippen molar-refractivity contribution in [1.82, 2.24) is 9.80 Å². The van der Waals surface area contributed by atoms with Crippen molar-refractivity contribution >= 4 is 17.4 Å². The number of amides is 1. The van der Waals surface area contributed by atoms with Gasteiger partial charge in [-0.1, -0.05) is 12.1 Å². The van der Waals surface area contributed by atoms with E-state index in [0.717, 1.165) is 6.54 Å². The van der Waals surface area contributed by atoms with Gasteiger partial charge < -0.3 is 29.1 Å². The maximum absolute atomic E-state index is 13.2. The summed E-state index contributed by atoms with van der Waals surface area (Å²) in [6, 6.07) is 11.2. The molecule has 0 radical (unpaired) electrons. The quantitative estimate of drug-likeness (QED) is 0.324. The van der Waals surface area contributed by atoms with Gasteiger partial charge in [-0.3, -0.25) is 9.59 Å². The van der Waals surface area contributed by atoms with Crippen molar-refractivity contribution in [3.05, 3.63) is 59.2 Å². The molecular formula is C26H32N2O6. The third-order valence-electron chi connectivity index (χ3n) is 5.71. The molecule has 0 aliphatic carbocycles. The van der Waals surface area contributed by atoms with Gasteiger partial charge in [0.1, 0.15) is 11.5 Å². The molecule has 0 saturated carbocycles. The summed E-state index contributed by atoms with van der Waals surface area (Å²) >= 11 is 0. The van der Waals surface area contributed by atoms with Gasteiger partial charge in [0.15, 0.2) is 11.5 Å². The molecule has 182 valence electrons. The second kappa shape index (κ2) is 11.1. The molecular weight excluding hydrogens is 436 g/mol. The summed E-state index contributed by atoms with van der Waals surface area (Å²) in [4.78, 5) is 29.9. The van der Waals surface area contributed by atoms with E-state index in [4.69, 9.17) is 14.2 Å². The van der Waals surface area contributed by atoms with E-state index in [0.29, 0.717) is 47.9 Å². The number of ketones is 1. The van der Waals surface area contributed by atoms with Crippen molar-refractivity contribution in [2.45, 2.75) is 19.4 Å². The van der Waals surface area contributed by atoms with Crippen molar-refractivity contribution in [3.8, 4) is 17.2 Å². The molecule has 1 aliphatic rings. The van der Waals surface area contributed by atoms with Crippen LogP contribution in [-0.2, 0) is 9.59 Å². The van der Waals surface area contributed by atoms with Crippen molar-refractivity contribution in [2.75, 3.05) is 48.0 Å². The first kappa shape index (κ1) is 25.1. The fourth-order valence-corrected chi connectivity index (χ4v) is 4.15. The molecule has 3 rings (SSSR count). The van der Waals surface area contributed by atoms with Crippen LogP contribution in [0.4, 0.5) is 0 Å². The SMILES string of the molecule is CCOc1ccc(C(O)=C2C(=O)C(=O)N(CCCN(C)C)[C@H]2c2cccc(OC)c2OC)cc1. The molecule has 0 unspecified atom stereocenters. The second-order valence-electron chi connectivity index (χ2n) is 8.19. The smallest absolute Gasteiger partial charge is 0.295 e. The summed E-state index contributed by atoms with van der Waals surface area (Å²) < 4.78 is 16.5. The number of nitrogens with zero attached hydrogens (tertiary/aromatic N) is 2. The monoisotopic (exact) mass is 468 g/mol. The number of carbonyl (C=O) groups excluding carboxylic acids is 2. The van der Waals surface area contributed by atoms with E-state index in [1.54, 1.807) is 42.5 Å². The fourth-order valence-electron chi connectivity index (χ4n) is 4.15. The van der Waals surface area contributed by atoms with Gasteiger partial charge in [0.05, 0.1) is 32.4 Å². The fraction of sp³-hybridized carbons (Fsp3) is 0.385. The summed E-state index contributed by atoms with van der Waals surface area (Å²) in [5.41, 5.74) is 1.01. The zero-order valence-corrected chi connectivity index (χ0v) is 20.3. The van der Waals surface area contributed by atoms with Crippen LogP contribution in [0.5, 0.6) is 17.2 Å². The molecule has 1 saturated heterocycles. The van der Waals surface area contributed by atoms with E-state index in [1.165, 1.54) is 19.1 Å². The Morgan fingerprint density at radius 3 is 2.35 bits per heavy atom. The van der Waals surface area contributed by atoms with Crippen molar-refractivity contribution in [1.29, 1.82) is 0 Å². The minimum absolute atomic E-state index is 0.0190. The number of rotatable bonds is 10. The van der Waals surface area contributed by atoms with Gasteiger partial charge in [0, 0.05) is 17.7 Å². The number of para-hydroxylation sites is 1. The number of aliphatic hydroxyl groups excluding tert-OH is 1. The molecule has 34 heavy (non-hydrogen) atoms. The Hall–Kier alpha value is -3.52. The molecule has 0 spiro atoms. The van der Waals surface area contributed by atoms with Crippen LogP contribution in [0.15, 0.2) is 48.0 Å². The summed E-state index contributed by atoms with van der Waals surface area (Å²) in [6.07, 6.45) is 0.659. The molecule has 8 heteroatoms. The van der Waals surface area contributed by atoms with Gasteiger partial charge in [-0.2, -0.15) is 0 Å². The standard InChI is InChI=1S/C26H32N2O6/c1-6-34-18-13-11-17(12-14-18)23(29)21-22(19-9-7-10-20(32-4)25(19)33-5)28(26(31)24(21)30)16-8-15-27(2)3/h7,9-14,22,29H,6,8,15-16H2,1-5H3/t22-/m0/s1. The van der Waals surface area contributed by atoms with Crippen molar-refractivity contribution in [2.24, 2.45) is 0 Å². The van der Waals surface area contributed by atoms with Gasteiger partial charge in [-0.25, -0.2) is 0 Å². The largest absolute Gasteiger partial charge is 0.507 e. The van der Waals surface area contributed by atoms with E-state index in [9.17, 15) is 14.7 Å². The number of hydrogen-bond donors (Lipinski definition) is 1. The van der Waals surface area contributed by atoms with Crippen LogP contribution in [0.25, 0.3) is 5.76 Å². The predicted octanol–water partition coefficient (Wildman–Crippen LogP) is 3.48. The number of carbonyl (C=O) groups is 2. The van der Waals surface area contributed by atoms with Crippen molar-refractivity contribution in [3.63, 3.8) is 0 Å². The Morgan fingerprint density at radius 1 is 1.06 bits per heavy atom. The molecule has 0 aromatic heterocycles. The van der Waals surface area contributed by atoms with Gasteiger partial charge >= 0.3 is 0 Å². The molecule has 1 aliphatic heterocycles. The van der Waals surface area contributed by atoms with Gasteiger partial charge in [0.25, 0.3) is 11.7 Å². The topological polar surface area (TPSA) is 88.5 Å². The highest BCUT2D eigenvalue weighted by atomic mass is 16.5. The first-order valence-corrected chi connectivity index (χ1v) is 11.2. The van der Waals surface area contributed by atoms with Gasteiger partial charge in [0.2, 0.25) is 0 Å². The molecule has 1 N–H and O–H groups in total. The Morgan fingerprint density at radius 2 is 1.76 bits per heavy atom. The first-order chi connectivity index (χ1) is 16.3. The highest BCUT2D eigenvalue weighted by Gasteiger charge is 2.47. The zero-order chi connectivity index (χ0) is 24.8. The van der Waals surface area contributed by atoms with E-state index in [1.807, 2.05) is 25.9 Å². The highest BCUT2D eigenvalue weighted by Crippen LogP contribution is 2.45. The summed E-state index contributed by atoms with van der Waals surface area (Å²) in [6.45, 7) is 3.48. The minimum Gasteiger partial charge on any atom is -0.507 e. The number of aliphatic hydroxyl groups is 1. The highest BCUT2D eigenvalue weighted by molar-refractivity contribution is 6.46. The maximum Gasteiger partial charge on any atom is 0.295 e. The molecule has 2 aromatic rings. The minimum atomic E-state index is -0.821. The number of benzene rings is 2. The summed E-state index contributed by atoms with van der Waals surface area (Å²) in [7, 11) is 6.92. The third-order valence-corrected chi connectivity index (χ3v) is 5.71.